The van der Waals surface area contributed by atoms with Gasteiger partial charge in [0.1, 0.15) is 0 Å². The molecule has 6 nitrogen and oxygen atoms in total. The topological polar surface area (TPSA) is 60.0 Å². The van der Waals surface area contributed by atoms with Gasteiger partial charge in [0.15, 0.2) is 11.5 Å². The number of carbonyl (C=O) groups is 1. The van der Waals surface area contributed by atoms with E-state index in [0.717, 1.165) is 13.0 Å². The minimum absolute atomic E-state index is 0.0650. The number of benzene rings is 1. The average molecular weight is 376 g/mol. The number of anilines is 1. The lowest BCUT2D eigenvalue weighted by atomic mass is 10.0. The van der Waals surface area contributed by atoms with E-state index in [0.29, 0.717) is 29.5 Å². The molecule has 0 bridgehead atoms. The van der Waals surface area contributed by atoms with Gasteiger partial charge in [-0.1, -0.05) is 0 Å². The van der Waals surface area contributed by atoms with Crippen molar-refractivity contribution < 1.29 is 19.0 Å². The van der Waals surface area contributed by atoms with Crippen molar-refractivity contribution in [1.82, 2.24) is 4.90 Å². The Morgan fingerprint density at radius 2 is 1.92 bits per heavy atom. The standard InChI is InChI=1S/C19H24N2O4S/c1-12-14-6-8-26-17(14)5-7-21(12)11-18(22)20-13-9-15(23-2)19(25-4)16(10-13)24-3/h6,8-10,12H,5,7,11H2,1-4H3,(H,20,22). The Morgan fingerprint density at radius 3 is 2.54 bits per heavy atom. The molecule has 1 amide bonds. The first-order valence-corrected chi connectivity index (χ1v) is 9.35. The molecule has 140 valence electrons. The summed E-state index contributed by atoms with van der Waals surface area (Å²) >= 11 is 1.80. The minimum Gasteiger partial charge on any atom is -0.493 e. The summed E-state index contributed by atoms with van der Waals surface area (Å²) in [5.74, 6) is 1.46. The highest BCUT2D eigenvalue weighted by atomic mass is 32.1. The van der Waals surface area contributed by atoms with Gasteiger partial charge in [0.05, 0.1) is 27.9 Å². The summed E-state index contributed by atoms with van der Waals surface area (Å²) in [5.41, 5.74) is 1.95. The van der Waals surface area contributed by atoms with Crippen molar-refractivity contribution in [2.75, 3.05) is 39.7 Å². The Balaban J connectivity index is 1.71. The van der Waals surface area contributed by atoms with E-state index < -0.39 is 0 Å². The molecule has 0 spiro atoms. The lowest BCUT2D eigenvalue weighted by molar-refractivity contribution is -0.117. The fraction of sp³-hybridized carbons (Fsp3) is 0.421. The van der Waals surface area contributed by atoms with Gasteiger partial charge in [-0.15, -0.1) is 11.3 Å². The van der Waals surface area contributed by atoms with Crippen LogP contribution in [-0.4, -0.2) is 45.2 Å². The van der Waals surface area contributed by atoms with E-state index in [1.807, 2.05) is 0 Å². The highest BCUT2D eigenvalue weighted by Crippen LogP contribution is 2.40. The van der Waals surface area contributed by atoms with E-state index >= 15 is 0 Å². The minimum atomic E-state index is -0.0650. The molecule has 0 radical (unpaired) electrons. The van der Waals surface area contributed by atoms with Crippen LogP contribution < -0.4 is 19.5 Å². The zero-order chi connectivity index (χ0) is 18.7. The summed E-state index contributed by atoms with van der Waals surface area (Å²) in [7, 11) is 4.66. The van der Waals surface area contributed by atoms with E-state index in [1.165, 1.54) is 10.4 Å². The van der Waals surface area contributed by atoms with Crippen LogP contribution in [0.15, 0.2) is 23.6 Å². The van der Waals surface area contributed by atoms with Crippen LogP contribution in [0.1, 0.15) is 23.4 Å². The molecule has 0 fully saturated rings. The molecule has 1 unspecified atom stereocenters. The fourth-order valence-corrected chi connectivity index (χ4v) is 4.28. The first-order valence-electron chi connectivity index (χ1n) is 8.47. The van der Waals surface area contributed by atoms with Crippen molar-refractivity contribution in [2.24, 2.45) is 0 Å². The lowest BCUT2D eigenvalue weighted by Crippen LogP contribution is -2.39. The van der Waals surface area contributed by atoms with Gasteiger partial charge in [0, 0.05) is 35.3 Å². The van der Waals surface area contributed by atoms with Crippen molar-refractivity contribution in [3.05, 3.63) is 34.0 Å². The molecule has 26 heavy (non-hydrogen) atoms. The number of ether oxygens (including phenoxy) is 3. The molecule has 2 aromatic rings. The smallest absolute Gasteiger partial charge is 0.238 e. The third-order valence-electron chi connectivity index (χ3n) is 4.70. The summed E-state index contributed by atoms with van der Waals surface area (Å²) in [6.45, 7) is 3.38. The third kappa shape index (κ3) is 3.64. The third-order valence-corrected chi connectivity index (χ3v) is 5.70. The predicted octanol–water partition coefficient (Wildman–Crippen LogP) is 3.33. The zero-order valence-electron chi connectivity index (χ0n) is 15.5. The van der Waals surface area contributed by atoms with Crippen LogP contribution in [0.25, 0.3) is 0 Å². The Morgan fingerprint density at radius 1 is 1.23 bits per heavy atom. The fourth-order valence-electron chi connectivity index (χ4n) is 3.32. The second-order valence-electron chi connectivity index (χ2n) is 6.16. The van der Waals surface area contributed by atoms with Crippen LogP contribution in [0, 0.1) is 0 Å². The Labute approximate surface area is 157 Å². The molecule has 1 atom stereocenters. The van der Waals surface area contributed by atoms with Crippen molar-refractivity contribution in [1.29, 1.82) is 0 Å². The van der Waals surface area contributed by atoms with Crippen LogP contribution in [0.2, 0.25) is 0 Å². The molecule has 0 saturated carbocycles. The number of hydrogen-bond acceptors (Lipinski definition) is 6. The molecule has 3 rings (SSSR count). The molecular formula is C19H24N2O4S. The first-order chi connectivity index (χ1) is 12.6. The second kappa shape index (κ2) is 7.97. The van der Waals surface area contributed by atoms with Crippen LogP contribution in [0.3, 0.4) is 0 Å². The monoisotopic (exact) mass is 376 g/mol. The number of thiophene rings is 1. The van der Waals surface area contributed by atoms with Gasteiger partial charge in [-0.05, 0) is 30.4 Å². The maximum absolute atomic E-state index is 12.6. The summed E-state index contributed by atoms with van der Waals surface area (Å²) in [4.78, 5) is 16.2. The molecule has 1 aliphatic rings. The highest BCUT2D eigenvalue weighted by Gasteiger charge is 2.26. The van der Waals surface area contributed by atoms with Crippen LogP contribution in [-0.2, 0) is 11.2 Å². The maximum atomic E-state index is 12.6. The number of hydrogen-bond donors (Lipinski definition) is 1. The average Bonchev–Trinajstić information content (AvgIpc) is 3.12. The van der Waals surface area contributed by atoms with Crippen LogP contribution in [0.5, 0.6) is 17.2 Å². The van der Waals surface area contributed by atoms with Gasteiger partial charge in [-0.25, -0.2) is 0 Å². The van der Waals surface area contributed by atoms with Gasteiger partial charge in [-0.3, -0.25) is 9.69 Å². The van der Waals surface area contributed by atoms with E-state index in [-0.39, 0.29) is 11.9 Å². The molecule has 0 aliphatic carbocycles. The molecule has 0 saturated heterocycles. The van der Waals surface area contributed by atoms with Crippen molar-refractivity contribution in [2.45, 2.75) is 19.4 Å². The van der Waals surface area contributed by atoms with Gasteiger partial charge >= 0.3 is 0 Å². The highest BCUT2D eigenvalue weighted by molar-refractivity contribution is 7.10. The first kappa shape index (κ1) is 18.5. The number of methoxy groups -OCH3 is 3. The molecule has 1 aromatic heterocycles. The molecule has 1 aromatic carbocycles. The van der Waals surface area contributed by atoms with Gasteiger partial charge in [0.25, 0.3) is 0 Å². The van der Waals surface area contributed by atoms with Crippen LogP contribution in [0.4, 0.5) is 5.69 Å². The SMILES string of the molecule is COc1cc(NC(=O)CN2CCc3sccc3C2C)cc(OC)c1OC. The Kier molecular flexibility index (Phi) is 5.68. The van der Waals surface area contributed by atoms with Crippen molar-refractivity contribution in [3.63, 3.8) is 0 Å². The molecule has 7 heteroatoms. The number of nitrogens with zero attached hydrogens (tertiary/aromatic N) is 1. The Bertz CT molecular complexity index is 765. The zero-order valence-corrected chi connectivity index (χ0v) is 16.3. The molecule has 1 N–H and O–H groups in total. The predicted molar refractivity (Wildman–Crippen MR) is 103 cm³/mol. The van der Waals surface area contributed by atoms with E-state index in [2.05, 4.69) is 28.6 Å². The lowest BCUT2D eigenvalue weighted by Gasteiger charge is -2.32. The van der Waals surface area contributed by atoms with Gasteiger partial charge < -0.3 is 19.5 Å². The van der Waals surface area contributed by atoms with Crippen molar-refractivity contribution >= 4 is 22.9 Å². The summed E-state index contributed by atoms with van der Waals surface area (Å²) in [6, 6.07) is 5.87. The summed E-state index contributed by atoms with van der Waals surface area (Å²) in [6.07, 6.45) is 0.995. The normalized spacial score (nSPS) is 16.7. The quantitative estimate of drug-likeness (QED) is 0.838. The number of rotatable bonds is 6. The van der Waals surface area contributed by atoms with E-state index in [4.69, 9.17) is 14.2 Å². The number of nitrogens with one attached hydrogen (secondary N) is 1. The molecular weight excluding hydrogens is 352 g/mol. The second-order valence-corrected chi connectivity index (χ2v) is 7.16. The Hall–Kier alpha value is -2.25. The largest absolute Gasteiger partial charge is 0.493 e. The van der Waals surface area contributed by atoms with E-state index in [9.17, 15) is 4.79 Å². The maximum Gasteiger partial charge on any atom is 0.238 e. The van der Waals surface area contributed by atoms with Gasteiger partial charge in [0.2, 0.25) is 11.7 Å². The number of fused-ring (bicyclic) bond motifs is 1. The number of amides is 1. The number of carbonyl (C=O) groups excluding carboxylic acids is 1. The molecule has 1 aliphatic heterocycles. The molecule has 2 heterocycles. The summed E-state index contributed by atoms with van der Waals surface area (Å²) in [5, 5.41) is 5.06. The van der Waals surface area contributed by atoms with E-state index in [1.54, 1.807) is 44.8 Å². The van der Waals surface area contributed by atoms with Gasteiger partial charge in [-0.2, -0.15) is 0 Å². The summed E-state index contributed by atoms with van der Waals surface area (Å²) < 4.78 is 16.0. The van der Waals surface area contributed by atoms with Crippen molar-refractivity contribution in [3.8, 4) is 17.2 Å². The van der Waals surface area contributed by atoms with Crippen LogP contribution >= 0.6 is 11.3 Å².